The Morgan fingerprint density at radius 2 is 2.10 bits per heavy atom. The normalized spacial score (nSPS) is 14.2. The Labute approximate surface area is 132 Å². The number of hydrogen-bond acceptors (Lipinski definition) is 3. The highest BCUT2D eigenvalue weighted by molar-refractivity contribution is 7.99. The third-order valence-electron chi connectivity index (χ3n) is 3.85. The largest absolute Gasteiger partial charge is 0.309 e. The van der Waals surface area contributed by atoms with E-state index in [9.17, 15) is 0 Å². The minimum Gasteiger partial charge on any atom is -0.309 e. The van der Waals surface area contributed by atoms with Crippen LogP contribution in [0.25, 0.3) is 10.8 Å². The van der Waals surface area contributed by atoms with E-state index in [-0.39, 0.29) is 0 Å². The average molecular weight is 302 g/mol. The lowest BCUT2D eigenvalue weighted by Gasteiger charge is -2.22. The van der Waals surface area contributed by atoms with Gasteiger partial charge in [0.25, 0.3) is 0 Å². The second-order valence-electron chi connectivity index (χ2n) is 5.50. The van der Waals surface area contributed by atoms with Gasteiger partial charge in [0.15, 0.2) is 0 Å². The van der Waals surface area contributed by atoms with Gasteiger partial charge in [-0.25, -0.2) is 0 Å². The summed E-state index contributed by atoms with van der Waals surface area (Å²) >= 11 is 2.06. The third-order valence-corrected chi connectivity index (χ3v) is 5.28. The Kier molecular flexibility index (Phi) is 6.52. The highest BCUT2D eigenvalue weighted by Crippen LogP contribution is 2.28. The predicted octanol–water partition coefficient (Wildman–Crippen LogP) is 4.81. The maximum absolute atomic E-state index is 4.24. The van der Waals surface area contributed by atoms with E-state index in [0.29, 0.717) is 11.3 Å². The molecule has 0 fully saturated rings. The molecular formula is C18H26N2S. The SMILES string of the molecule is CCCNC(CSC(C)CC)c1cccc2cnccc12. The summed E-state index contributed by atoms with van der Waals surface area (Å²) in [6, 6.07) is 9.10. The zero-order valence-electron chi connectivity index (χ0n) is 13.3. The van der Waals surface area contributed by atoms with E-state index in [0.717, 1.165) is 18.7 Å². The van der Waals surface area contributed by atoms with Crippen LogP contribution in [0.1, 0.15) is 45.2 Å². The van der Waals surface area contributed by atoms with Crippen LogP contribution in [0.4, 0.5) is 0 Å². The lowest BCUT2D eigenvalue weighted by atomic mass is 10.0. The summed E-state index contributed by atoms with van der Waals surface area (Å²) in [5.74, 6) is 1.12. The summed E-state index contributed by atoms with van der Waals surface area (Å²) in [5, 5.41) is 6.98. The first-order valence-electron chi connectivity index (χ1n) is 7.93. The van der Waals surface area contributed by atoms with Crippen molar-refractivity contribution in [3.63, 3.8) is 0 Å². The van der Waals surface area contributed by atoms with Gasteiger partial charge >= 0.3 is 0 Å². The Morgan fingerprint density at radius 3 is 2.86 bits per heavy atom. The molecule has 0 aliphatic carbocycles. The summed E-state index contributed by atoms with van der Waals surface area (Å²) in [7, 11) is 0. The Balaban J connectivity index is 2.25. The molecule has 0 saturated heterocycles. The molecule has 114 valence electrons. The molecule has 2 aromatic rings. The van der Waals surface area contributed by atoms with E-state index in [4.69, 9.17) is 0 Å². The van der Waals surface area contributed by atoms with Gasteiger partial charge in [-0.15, -0.1) is 0 Å². The summed E-state index contributed by atoms with van der Waals surface area (Å²) in [6.45, 7) is 7.86. The molecule has 0 aliphatic rings. The van der Waals surface area contributed by atoms with Crippen LogP contribution in [0.3, 0.4) is 0 Å². The molecule has 2 nitrogen and oxygen atoms in total. The lowest BCUT2D eigenvalue weighted by Crippen LogP contribution is -2.25. The number of rotatable bonds is 8. The standard InChI is InChI=1S/C18H26N2S/c1-4-10-20-18(13-21-14(3)5-2)17-8-6-7-15-12-19-11-9-16(15)17/h6-9,11-12,14,18,20H,4-5,10,13H2,1-3H3. The van der Waals surface area contributed by atoms with Gasteiger partial charge in [0, 0.05) is 34.8 Å². The molecule has 2 rings (SSSR count). The van der Waals surface area contributed by atoms with Crippen LogP contribution >= 0.6 is 11.8 Å². The molecular weight excluding hydrogens is 276 g/mol. The molecule has 1 aromatic carbocycles. The Bertz CT molecular complexity index is 550. The molecule has 0 saturated carbocycles. The molecule has 2 atom stereocenters. The molecule has 1 heterocycles. The fourth-order valence-electron chi connectivity index (χ4n) is 2.41. The van der Waals surface area contributed by atoms with E-state index < -0.39 is 0 Å². The molecule has 3 heteroatoms. The van der Waals surface area contributed by atoms with E-state index in [1.165, 1.54) is 22.8 Å². The third kappa shape index (κ3) is 4.45. The minimum atomic E-state index is 0.412. The summed E-state index contributed by atoms with van der Waals surface area (Å²) < 4.78 is 0. The van der Waals surface area contributed by atoms with E-state index in [2.05, 4.69) is 67.1 Å². The van der Waals surface area contributed by atoms with Gasteiger partial charge in [-0.2, -0.15) is 11.8 Å². The number of fused-ring (bicyclic) bond motifs is 1. The highest BCUT2D eigenvalue weighted by Gasteiger charge is 2.15. The van der Waals surface area contributed by atoms with Crippen LogP contribution in [0.5, 0.6) is 0 Å². The van der Waals surface area contributed by atoms with Crippen LogP contribution in [0, 0.1) is 0 Å². The molecule has 0 bridgehead atoms. The lowest BCUT2D eigenvalue weighted by molar-refractivity contribution is 0.580. The van der Waals surface area contributed by atoms with Crippen molar-refractivity contribution in [1.82, 2.24) is 10.3 Å². The fraction of sp³-hybridized carbons (Fsp3) is 0.500. The molecule has 0 radical (unpaired) electrons. The van der Waals surface area contributed by atoms with Crippen molar-refractivity contribution in [2.75, 3.05) is 12.3 Å². The van der Waals surface area contributed by atoms with Crippen LogP contribution in [-0.4, -0.2) is 22.5 Å². The summed E-state index contributed by atoms with van der Waals surface area (Å²) in [5.41, 5.74) is 1.40. The number of nitrogens with zero attached hydrogens (tertiary/aromatic N) is 1. The molecule has 2 unspecified atom stereocenters. The van der Waals surface area contributed by atoms with Crippen molar-refractivity contribution in [3.05, 3.63) is 42.2 Å². The Morgan fingerprint density at radius 1 is 1.24 bits per heavy atom. The minimum absolute atomic E-state index is 0.412. The van der Waals surface area contributed by atoms with Crippen molar-refractivity contribution >= 4 is 22.5 Å². The van der Waals surface area contributed by atoms with Crippen molar-refractivity contribution in [3.8, 4) is 0 Å². The van der Waals surface area contributed by atoms with Gasteiger partial charge < -0.3 is 5.32 Å². The van der Waals surface area contributed by atoms with Crippen molar-refractivity contribution in [2.45, 2.75) is 44.9 Å². The average Bonchev–Trinajstić information content (AvgIpc) is 2.54. The molecule has 1 aromatic heterocycles. The second kappa shape index (κ2) is 8.40. The number of aromatic nitrogens is 1. The highest BCUT2D eigenvalue weighted by atomic mass is 32.2. The Hall–Kier alpha value is -1.06. The van der Waals surface area contributed by atoms with Gasteiger partial charge in [-0.1, -0.05) is 39.0 Å². The predicted molar refractivity (Wildman–Crippen MR) is 95.0 cm³/mol. The number of thioether (sulfide) groups is 1. The topological polar surface area (TPSA) is 24.9 Å². The van der Waals surface area contributed by atoms with Crippen molar-refractivity contribution in [1.29, 1.82) is 0 Å². The van der Waals surface area contributed by atoms with Gasteiger partial charge in [0.2, 0.25) is 0 Å². The number of pyridine rings is 1. The first-order valence-corrected chi connectivity index (χ1v) is 8.98. The molecule has 21 heavy (non-hydrogen) atoms. The van der Waals surface area contributed by atoms with Crippen LogP contribution in [0.2, 0.25) is 0 Å². The monoisotopic (exact) mass is 302 g/mol. The second-order valence-corrected chi connectivity index (χ2v) is 6.97. The number of hydrogen-bond donors (Lipinski definition) is 1. The van der Waals surface area contributed by atoms with Crippen LogP contribution in [0.15, 0.2) is 36.7 Å². The van der Waals surface area contributed by atoms with E-state index in [1.807, 2.05) is 12.4 Å². The molecule has 0 amide bonds. The summed E-state index contributed by atoms with van der Waals surface area (Å²) in [4.78, 5) is 4.24. The van der Waals surface area contributed by atoms with Crippen LogP contribution < -0.4 is 5.32 Å². The van der Waals surface area contributed by atoms with Crippen molar-refractivity contribution in [2.24, 2.45) is 0 Å². The zero-order chi connectivity index (χ0) is 15.1. The van der Waals surface area contributed by atoms with E-state index in [1.54, 1.807) is 0 Å². The van der Waals surface area contributed by atoms with Crippen molar-refractivity contribution < 1.29 is 0 Å². The van der Waals surface area contributed by atoms with E-state index >= 15 is 0 Å². The first-order chi connectivity index (χ1) is 10.3. The number of nitrogens with one attached hydrogen (secondary N) is 1. The quantitative estimate of drug-likeness (QED) is 0.757. The summed E-state index contributed by atoms with van der Waals surface area (Å²) in [6.07, 6.45) is 6.24. The maximum Gasteiger partial charge on any atom is 0.0418 e. The smallest absolute Gasteiger partial charge is 0.0418 e. The first kappa shape index (κ1) is 16.3. The molecule has 0 aliphatic heterocycles. The van der Waals surface area contributed by atoms with Gasteiger partial charge in [-0.3, -0.25) is 4.98 Å². The molecule has 0 spiro atoms. The number of benzene rings is 1. The van der Waals surface area contributed by atoms with Gasteiger partial charge in [-0.05, 0) is 36.4 Å². The van der Waals surface area contributed by atoms with Gasteiger partial charge in [0.05, 0.1) is 0 Å². The van der Waals surface area contributed by atoms with Gasteiger partial charge in [0.1, 0.15) is 0 Å². The van der Waals surface area contributed by atoms with Crippen LogP contribution in [-0.2, 0) is 0 Å². The fourth-order valence-corrected chi connectivity index (χ4v) is 3.46. The zero-order valence-corrected chi connectivity index (χ0v) is 14.1. The maximum atomic E-state index is 4.24. The molecule has 1 N–H and O–H groups in total.